The Morgan fingerprint density at radius 3 is 2.77 bits per heavy atom. The van der Waals surface area contributed by atoms with Gasteiger partial charge in [-0.15, -0.1) is 0 Å². The van der Waals surface area contributed by atoms with Crippen molar-refractivity contribution in [2.45, 2.75) is 19.4 Å². The van der Waals surface area contributed by atoms with Gasteiger partial charge in [0, 0.05) is 11.1 Å². The first-order valence-corrected chi connectivity index (χ1v) is 8.43. The van der Waals surface area contributed by atoms with Gasteiger partial charge in [-0.1, -0.05) is 18.2 Å². The zero-order valence-electron chi connectivity index (χ0n) is 15.1. The van der Waals surface area contributed by atoms with E-state index in [4.69, 9.17) is 9.47 Å². The van der Waals surface area contributed by atoms with Crippen molar-refractivity contribution in [3.63, 3.8) is 0 Å². The van der Waals surface area contributed by atoms with Crippen LogP contribution in [0, 0.1) is 0 Å². The molecule has 0 fully saturated rings. The van der Waals surface area contributed by atoms with Crippen LogP contribution >= 0.6 is 0 Å². The van der Waals surface area contributed by atoms with Gasteiger partial charge < -0.3 is 20.1 Å². The minimum atomic E-state index is -0.658. The topological polar surface area (TPSA) is 76.7 Å². The fourth-order valence-electron chi connectivity index (χ4n) is 2.98. The highest BCUT2D eigenvalue weighted by Crippen LogP contribution is 2.30. The van der Waals surface area contributed by atoms with Crippen molar-refractivity contribution < 1.29 is 19.1 Å². The van der Waals surface area contributed by atoms with Gasteiger partial charge in [0.05, 0.1) is 24.8 Å². The smallest absolute Gasteiger partial charge is 0.255 e. The lowest BCUT2D eigenvalue weighted by molar-refractivity contribution is 0.0911. The number of carbonyl (C=O) groups excluding carboxylic acids is 2. The van der Waals surface area contributed by atoms with Gasteiger partial charge >= 0.3 is 0 Å². The average molecular weight is 354 g/mol. The molecule has 1 heterocycles. The van der Waals surface area contributed by atoms with E-state index in [1.54, 1.807) is 25.3 Å². The van der Waals surface area contributed by atoms with Crippen molar-refractivity contribution in [2.75, 3.05) is 20.3 Å². The van der Waals surface area contributed by atoms with Gasteiger partial charge in [-0.25, -0.2) is 0 Å². The molecule has 0 atom stereocenters. The lowest BCUT2D eigenvalue weighted by Gasteiger charge is -2.28. The van der Waals surface area contributed by atoms with E-state index in [9.17, 15) is 9.59 Å². The molecule has 0 radical (unpaired) electrons. The third-order valence-corrected chi connectivity index (χ3v) is 4.34. The molecule has 0 spiro atoms. The number of nitrogens with one attached hydrogen (secondary N) is 2. The molecule has 2 amide bonds. The summed E-state index contributed by atoms with van der Waals surface area (Å²) in [5.74, 6) is 0.671. The van der Waals surface area contributed by atoms with Gasteiger partial charge in [0.1, 0.15) is 18.1 Å². The monoisotopic (exact) mass is 354 g/mol. The molecule has 2 N–H and O–H groups in total. The zero-order chi connectivity index (χ0) is 18.7. The van der Waals surface area contributed by atoms with Crippen LogP contribution in [-0.2, 0) is 5.54 Å². The fraction of sp³-hybridized carbons (Fsp3) is 0.300. The van der Waals surface area contributed by atoms with Crippen molar-refractivity contribution in [3.8, 4) is 11.5 Å². The average Bonchev–Trinajstić information content (AvgIpc) is 2.82. The second-order valence-electron chi connectivity index (χ2n) is 6.59. The highest BCUT2D eigenvalue weighted by atomic mass is 16.5. The Balaban J connectivity index is 1.87. The Labute approximate surface area is 152 Å². The molecule has 2 aromatic carbocycles. The molecule has 1 aliphatic heterocycles. The Hall–Kier alpha value is -3.02. The van der Waals surface area contributed by atoms with Crippen molar-refractivity contribution in [1.29, 1.82) is 0 Å². The van der Waals surface area contributed by atoms with Gasteiger partial charge in [-0.05, 0) is 38.1 Å². The summed E-state index contributed by atoms with van der Waals surface area (Å²) in [4.78, 5) is 24.9. The molecule has 2 aromatic rings. The highest BCUT2D eigenvalue weighted by molar-refractivity contribution is 6.02. The van der Waals surface area contributed by atoms with Crippen LogP contribution in [0.3, 0.4) is 0 Å². The molecular formula is C20H22N2O4. The van der Waals surface area contributed by atoms with Crippen molar-refractivity contribution in [1.82, 2.24) is 10.6 Å². The van der Waals surface area contributed by atoms with E-state index in [2.05, 4.69) is 10.6 Å². The molecule has 6 nitrogen and oxygen atoms in total. The standard InChI is InChI=1S/C20H22N2O4/c1-20(2,15-6-4-5-7-17(15)25-3)22-18(23)13-8-9-16-14(12-13)19(24)21-10-11-26-16/h4-9,12H,10-11H2,1-3H3,(H,21,24)(H,22,23). The lowest BCUT2D eigenvalue weighted by Crippen LogP contribution is -2.41. The first-order chi connectivity index (χ1) is 12.4. The van der Waals surface area contributed by atoms with Crippen LogP contribution < -0.4 is 20.1 Å². The molecule has 0 bridgehead atoms. The summed E-state index contributed by atoms with van der Waals surface area (Å²) in [5.41, 5.74) is 0.971. The third kappa shape index (κ3) is 3.49. The molecule has 0 aromatic heterocycles. The highest BCUT2D eigenvalue weighted by Gasteiger charge is 2.27. The van der Waals surface area contributed by atoms with Crippen LogP contribution in [-0.4, -0.2) is 32.1 Å². The van der Waals surface area contributed by atoms with Crippen LogP contribution in [0.25, 0.3) is 0 Å². The number of rotatable bonds is 4. The number of hydrogen-bond acceptors (Lipinski definition) is 4. The second-order valence-corrected chi connectivity index (χ2v) is 6.59. The van der Waals surface area contributed by atoms with E-state index in [0.717, 1.165) is 5.56 Å². The first kappa shape index (κ1) is 17.8. The number of amides is 2. The summed E-state index contributed by atoms with van der Waals surface area (Å²) in [6.07, 6.45) is 0. The molecule has 0 saturated heterocycles. The second kappa shape index (κ2) is 7.07. The lowest BCUT2D eigenvalue weighted by atomic mass is 9.92. The fourth-order valence-corrected chi connectivity index (χ4v) is 2.98. The number of methoxy groups -OCH3 is 1. The minimum Gasteiger partial charge on any atom is -0.496 e. The van der Waals surface area contributed by atoms with E-state index < -0.39 is 5.54 Å². The zero-order valence-corrected chi connectivity index (χ0v) is 15.1. The summed E-state index contributed by atoms with van der Waals surface area (Å²) in [6.45, 7) is 4.66. The van der Waals surface area contributed by atoms with Crippen LogP contribution in [0.2, 0.25) is 0 Å². The summed E-state index contributed by atoms with van der Waals surface area (Å²) in [7, 11) is 1.60. The number of carbonyl (C=O) groups is 2. The largest absolute Gasteiger partial charge is 0.496 e. The molecule has 26 heavy (non-hydrogen) atoms. The van der Waals surface area contributed by atoms with Crippen LogP contribution in [0.15, 0.2) is 42.5 Å². The molecular weight excluding hydrogens is 332 g/mol. The number of benzene rings is 2. The maximum absolute atomic E-state index is 12.8. The molecule has 0 saturated carbocycles. The summed E-state index contributed by atoms with van der Waals surface area (Å²) in [6, 6.07) is 12.4. The normalized spacial score (nSPS) is 13.7. The SMILES string of the molecule is COc1ccccc1C(C)(C)NC(=O)c1ccc2c(c1)C(=O)NCCO2. The summed E-state index contributed by atoms with van der Waals surface area (Å²) < 4.78 is 10.9. The van der Waals surface area contributed by atoms with Crippen molar-refractivity contribution >= 4 is 11.8 Å². The van der Waals surface area contributed by atoms with E-state index >= 15 is 0 Å². The Bertz CT molecular complexity index is 845. The Kier molecular flexibility index (Phi) is 4.84. The van der Waals surface area contributed by atoms with Crippen molar-refractivity contribution in [2.24, 2.45) is 0 Å². The minimum absolute atomic E-state index is 0.240. The quantitative estimate of drug-likeness (QED) is 0.884. The van der Waals surface area contributed by atoms with E-state index in [1.165, 1.54) is 0 Å². The number of fused-ring (bicyclic) bond motifs is 1. The number of hydrogen-bond donors (Lipinski definition) is 2. The van der Waals surface area contributed by atoms with Crippen LogP contribution in [0.5, 0.6) is 11.5 Å². The van der Waals surface area contributed by atoms with Gasteiger partial charge in [-0.3, -0.25) is 9.59 Å². The van der Waals surface area contributed by atoms with Gasteiger partial charge in [-0.2, -0.15) is 0 Å². The molecule has 0 unspecified atom stereocenters. The van der Waals surface area contributed by atoms with E-state index in [0.29, 0.717) is 35.8 Å². The summed E-state index contributed by atoms with van der Waals surface area (Å²) >= 11 is 0. The maximum Gasteiger partial charge on any atom is 0.255 e. The number of para-hydroxylation sites is 1. The Morgan fingerprint density at radius 1 is 1.23 bits per heavy atom. The molecule has 1 aliphatic rings. The van der Waals surface area contributed by atoms with E-state index in [1.807, 2.05) is 38.1 Å². The van der Waals surface area contributed by atoms with Gasteiger partial charge in [0.25, 0.3) is 11.8 Å². The molecule has 6 heteroatoms. The summed E-state index contributed by atoms with van der Waals surface area (Å²) in [5, 5.41) is 5.75. The molecule has 3 rings (SSSR count). The van der Waals surface area contributed by atoms with Gasteiger partial charge in [0.2, 0.25) is 0 Å². The molecule has 136 valence electrons. The maximum atomic E-state index is 12.8. The van der Waals surface area contributed by atoms with Gasteiger partial charge in [0.15, 0.2) is 0 Å². The van der Waals surface area contributed by atoms with Crippen LogP contribution in [0.1, 0.15) is 40.1 Å². The molecule has 0 aliphatic carbocycles. The Morgan fingerprint density at radius 2 is 2.00 bits per heavy atom. The van der Waals surface area contributed by atoms with Crippen LogP contribution in [0.4, 0.5) is 0 Å². The predicted molar refractivity (Wildman–Crippen MR) is 97.8 cm³/mol. The number of ether oxygens (including phenoxy) is 2. The van der Waals surface area contributed by atoms with E-state index in [-0.39, 0.29) is 11.8 Å². The van der Waals surface area contributed by atoms with Crippen molar-refractivity contribution in [3.05, 3.63) is 59.2 Å². The third-order valence-electron chi connectivity index (χ3n) is 4.34. The predicted octanol–water partition coefficient (Wildman–Crippen LogP) is 2.48. The first-order valence-electron chi connectivity index (χ1n) is 8.43.